The lowest BCUT2D eigenvalue weighted by Gasteiger charge is -2.37. The van der Waals surface area contributed by atoms with Crippen LogP contribution in [0.15, 0.2) is 16.7 Å². The first-order valence-electron chi connectivity index (χ1n) is 6.59. The standard InChI is InChI=1S/C13H18BrN3O/c1-2-16(11-6-15-7-11)13(18)12-5-9(14)8-17(12)10-3-4-10/h5,8,10-11,15H,2-4,6-7H2,1H3. The third-order valence-corrected chi connectivity index (χ3v) is 4.21. The lowest BCUT2D eigenvalue weighted by atomic mass is 10.1. The molecular weight excluding hydrogens is 294 g/mol. The van der Waals surface area contributed by atoms with Gasteiger partial charge in [0, 0.05) is 36.3 Å². The Morgan fingerprint density at radius 2 is 2.28 bits per heavy atom. The molecule has 5 heteroatoms. The van der Waals surface area contributed by atoms with Crippen LogP contribution in [0.4, 0.5) is 0 Å². The van der Waals surface area contributed by atoms with Crippen molar-refractivity contribution < 1.29 is 4.79 Å². The molecule has 0 bridgehead atoms. The van der Waals surface area contributed by atoms with Crippen molar-refractivity contribution in [3.05, 3.63) is 22.4 Å². The van der Waals surface area contributed by atoms with Crippen LogP contribution in [0.3, 0.4) is 0 Å². The minimum atomic E-state index is 0.168. The molecule has 0 spiro atoms. The average Bonchev–Trinajstić information content (AvgIpc) is 3.06. The second-order valence-electron chi connectivity index (χ2n) is 5.09. The lowest BCUT2D eigenvalue weighted by Crippen LogP contribution is -2.58. The van der Waals surface area contributed by atoms with Crippen molar-refractivity contribution in [2.75, 3.05) is 19.6 Å². The van der Waals surface area contributed by atoms with E-state index in [2.05, 4.69) is 32.7 Å². The van der Waals surface area contributed by atoms with Gasteiger partial charge in [0.05, 0.1) is 6.04 Å². The van der Waals surface area contributed by atoms with Gasteiger partial charge in [0.15, 0.2) is 0 Å². The summed E-state index contributed by atoms with van der Waals surface area (Å²) in [6, 6.07) is 2.85. The molecule has 2 aliphatic rings. The maximum absolute atomic E-state index is 12.6. The molecule has 1 amide bonds. The van der Waals surface area contributed by atoms with Crippen molar-refractivity contribution in [1.29, 1.82) is 0 Å². The number of amides is 1. The highest BCUT2D eigenvalue weighted by molar-refractivity contribution is 9.10. The van der Waals surface area contributed by atoms with Crippen molar-refractivity contribution in [3.8, 4) is 0 Å². The van der Waals surface area contributed by atoms with Gasteiger partial charge in [0.2, 0.25) is 0 Å². The first-order chi connectivity index (χ1) is 8.70. The Morgan fingerprint density at radius 3 is 2.78 bits per heavy atom. The highest BCUT2D eigenvalue weighted by Crippen LogP contribution is 2.37. The van der Waals surface area contributed by atoms with Crippen molar-refractivity contribution in [2.24, 2.45) is 0 Å². The number of halogens is 1. The first-order valence-corrected chi connectivity index (χ1v) is 7.39. The van der Waals surface area contributed by atoms with Crippen LogP contribution in [0.2, 0.25) is 0 Å². The van der Waals surface area contributed by atoms with Gasteiger partial charge in [0.1, 0.15) is 5.69 Å². The van der Waals surface area contributed by atoms with Crippen LogP contribution in [0, 0.1) is 0 Å². The van der Waals surface area contributed by atoms with Crippen LogP contribution in [0.1, 0.15) is 36.3 Å². The molecular formula is C13H18BrN3O. The van der Waals surface area contributed by atoms with Gasteiger partial charge in [-0.25, -0.2) is 0 Å². The van der Waals surface area contributed by atoms with Gasteiger partial charge in [-0.1, -0.05) is 0 Å². The summed E-state index contributed by atoms with van der Waals surface area (Å²) in [7, 11) is 0. The number of nitrogens with one attached hydrogen (secondary N) is 1. The third kappa shape index (κ3) is 2.10. The number of likely N-dealkylation sites (N-methyl/N-ethyl adjacent to an activating group) is 1. The minimum Gasteiger partial charge on any atom is -0.339 e. The Morgan fingerprint density at radius 1 is 1.56 bits per heavy atom. The van der Waals surface area contributed by atoms with E-state index in [0.29, 0.717) is 12.1 Å². The molecule has 1 aromatic heterocycles. The third-order valence-electron chi connectivity index (χ3n) is 3.78. The molecule has 0 radical (unpaired) electrons. The van der Waals surface area contributed by atoms with Crippen LogP contribution in [-0.4, -0.2) is 41.1 Å². The normalized spacial score (nSPS) is 19.7. The number of carbonyl (C=O) groups excluding carboxylic acids is 1. The molecule has 1 aliphatic carbocycles. The van der Waals surface area contributed by atoms with Crippen LogP contribution in [0.25, 0.3) is 0 Å². The van der Waals surface area contributed by atoms with Gasteiger partial charge in [0.25, 0.3) is 5.91 Å². The molecule has 0 aromatic carbocycles. The Labute approximate surface area is 115 Å². The van der Waals surface area contributed by atoms with Crippen molar-refractivity contribution in [3.63, 3.8) is 0 Å². The van der Waals surface area contributed by atoms with Crippen LogP contribution < -0.4 is 5.32 Å². The number of carbonyl (C=O) groups is 1. The van der Waals surface area contributed by atoms with Crippen molar-refractivity contribution in [1.82, 2.24) is 14.8 Å². The highest BCUT2D eigenvalue weighted by atomic mass is 79.9. The van der Waals surface area contributed by atoms with E-state index >= 15 is 0 Å². The number of hydrogen-bond donors (Lipinski definition) is 1. The molecule has 1 saturated carbocycles. The SMILES string of the molecule is CCN(C(=O)c1cc(Br)cn1C1CC1)C1CNC1. The second-order valence-corrected chi connectivity index (χ2v) is 6.00. The molecule has 18 heavy (non-hydrogen) atoms. The fourth-order valence-corrected chi connectivity index (χ4v) is 2.92. The summed E-state index contributed by atoms with van der Waals surface area (Å²) < 4.78 is 3.14. The molecule has 98 valence electrons. The van der Waals surface area contributed by atoms with Gasteiger partial charge >= 0.3 is 0 Å². The van der Waals surface area contributed by atoms with E-state index in [1.165, 1.54) is 12.8 Å². The van der Waals surface area contributed by atoms with E-state index in [1.807, 2.05) is 17.2 Å². The molecule has 4 nitrogen and oxygen atoms in total. The van der Waals surface area contributed by atoms with Crippen molar-refractivity contribution in [2.45, 2.75) is 31.8 Å². The molecule has 2 heterocycles. The summed E-state index contributed by atoms with van der Waals surface area (Å²) in [5, 5.41) is 3.23. The second kappa shape index (κ2) is 4.70. The Bertz CT molecular complexity index is 463. The van der Waals surface area contributed by atoms with Gasteiger partial charge in [-0.2, -0.15) is 0 Å². The predicted octanol–water partition coefficient (Wildman–Crippen LogP) is 2.02. The van der Waals surface area contributed by atoms with Gasteiger partial charge in [-0.15, -0.1) is 0 Å². The van der Waals surface area contributed by atoms with Crippen LogP contribution in [0.5, 0.6) is 0 Å². The number of aromatic nitrogens is 1. The predicted molar refractivity (Wildman–Crippen MR) is 73.8 cm³/mol. The summed E-state index contributed by atoms with van der Waals surface area (Å²) in [6.07, 6.45) is 4.43. The smallest absolute Gasteiger partial charge is 0.270 e. The summed E-state index contributed by atoms with van der Waals surface area (Å²) in [6.45, 7) is 4.67. The summed E-state index contributed by atoms with van der Waals surface area (Å²) in [5.74, 6) is 0.168. The summed E-state index contributed by atoms with van der Waals surface area (Å²) >= 11 is 3.48. The van der Waals surface area contributed by atoms with Gasteiger partial charge < -0.3 is 14.8 Å². The van der Waals surface area contributed by atoms with Crippen molar-refractivity contribution >= 4 is 21.8 Å². The number of nitrogens with zero attached hydrogens (tertiary/aromatic N) is 2. The van der Waals surface area contributed by atoms with Gasteiger partial charge in [-0.05, 0) is 41.8 Å². The average molecular weight is 312 g/mol. The fourth-order valence-electron chi connectivity index (χ4n) is 2.48. The van der Waals surface area contributed by atoms with Gasteiger partial charge in [-0.3, -0.25) is 4.79 Å². The maximum Gasteiger partial charge on any atom is 0.270 e. The maximum atomic E-state index is 12.6. The topological polar surface area (TPSA) is 37.3 Å². The monoisotopic (exact) mass is 311 g/mol. The van der Waals surface area contributed by atoms with Crippen LogP contribution >= 0.6 is 15.9 Å². The zero-order valence-corrected chi connectivity index (χ0v) is 12.1. The highest BCUT2D eigenvalue weighted by Gasteiger charge is 2.33. The molecule has 1 saturated heterocycles. The number of rotatable bonds is 4. The zero-order valence-electron chi connectivity index (χ0n) is 10.5. The number of hydrogen-bond acceptors (Lipinski definition) is 2. The molecule has 1 aromatic rings. The molecule has 0 unspecified atom stereocenters. The Hall–Kier alpha value is -0.810. The quantitative estimate of drug-likeness (QED) is 0.923. The zero-order chi connectivity index (χ0) is 12.7. The summed E-state index contributed by atoms with van der Waals surface area (Å²) in [5.41, 5.74) is 0.832. The summed E-state index contributed by atoms with van der Waals surface area (Å²) in [4.78, 5) is 14.6. The van der Waals surface area contributed by atoms with E-state index in [4.69, 9.17) is 0 Å². The Kier molecular flexibility index (Phi) is 3.20. The van der Waals surface area contributed by atoms with E-state index in [0.717, 1.165) is 29.8 Å². The molecule has 2 fully saturated rings. The van der Waals surface area contributed by atoms with E-state index in [-0.39, 0.29) is 5.91 Å². The fraction of sp³-hybridized carbons (Fsp3) is 0.615. The molecule has 3 rings (SSSR count). The van der Waals surface area contributed by atoms with E-state index in [1.54, 1.807) is 0 Å². The van der Waals surface area contributed by atoms with E-state index < -0.39 is 0 Å². The lowest BCUT2D eigenvalue weighted by molar-refractivity contribution is 0.0619. The minimum absolute atomic E-state index is 0.168. The molecule has 1 aliphatic heterocycles. The molecule has 1 N–H and O–H groups in total. The van der Waals surface area contributed by atoms with Crippen LogP contribution in [-0.2, 0) is 0 Å². The van der Waals surface area contributed by atoms with E-state index in [9.17, 15) is 4.79 Å². The molecule has 0 atom stereocenters. The Balaban J connectivity index is 1.85. The largest absolute Gasteiger partial charge is 0.339 e. The first kappa shape index (κ1) is 12.2.